The zero-order valence-electron chi connectivity index (χ0n) is 19.8. The van der Waals surface area contributed by atoms with Crippen molar-refractivity contribution in [3.05, 3.63) is 114 Å². The number of alkyl halides is 3. The van der Waals surface area contributed by atoms with E-state index in [4.69, 9.17) is 8.60 Å². The quantitative estimate of drug-likeness (QED) is 0.192. The zero-order chi connectivity index (χ0) is 28.2. The Morgan fingerprint density at radius 3 is 2.31 bits per heavy atom. The van der Waals surface area contributed by atoms with Crippen molar-refractivity contribution in [2.75, 3.05) is 5.32 Å². The molecule has 0 radical (unpaired) electrons. The Kier molecular flexibility index (Phi) is 7.90. The second kappa shape index (κ2) is 11.2. The number of nitrogens with one attached hydrogen (secondary N) is 1. The lowest BCUT2D eigenvalue weighted by molar-refractivity contribution is -0.137. The molecule has 0 saturated carbocycles. The lowest BCUT2D eigenvalue weighted by Crippen LogP contribution is -2.34. The van der Waals surface area contributed by atoms with Crippen LogP contribution >= 0.6 is 0 Å². The zero-order valence-corrected chi connectivity index (χ0v) is 20.6. The Labute approximate surface area is 219 Å². The molecule has 2 amide bonds. The molecule has 0 atom stereocenters. The summed E-state index contributed by atoms with van der Waals surface area (Å²) in [6, 6.07) is 13.8. The van der Waals surface area contributed by atoms with E-state index in [0.717, 1.165) is 30.3 Å². The van der Waals surface area contributed by atoms with E-state index in [1.165, 1.54) is 35.4 Å². The summed E-state index contributed by atoms with van der Waals surface area (Å²) in [7, 11) is -4.57. The number of hydrogen-bond donors (Lipinski definition) is 1. The number of carbonyl (C=O) groups is 1. The molecule has 4 aromatic rings. The molecule has 0 saturated heterocycles. The van der Waals surface area contributed by atoms with Crippen molar-refractivity contribution in [1.82, 2.24) is 4.90 Å². The maximum absolute atomic E-state index is 14.1. The van der Waals surface area contributed by atoms with Crippen LogP contribution in [0.3, 0.4) is 0 Å². The summed E-state index contributed by atoms with van der Waals surface area (Å²) in [6.45, 7) is -0.0696. The molecule has 0 fully saturated rings. The van der Waals surface area contributed by atoms with Gasteiger partial charge in [-0.05, 0) is 60.2 Å². The predicted octanol–water partition coefficient (Wildman–Crippen LogP) is 6.58. The van der Waals surface area contributed by atoms with Crippen LogP contribution in [0.5, 0.6) is 5.75 Å². The summed E-state index contributed by atoms with van der Waals surface area (Å²) >= 11 is 0. The van der Waals surface area contributed by atoms with Crippen LogP contribution < -0.4 is 9.50 Å². The van der Waals surface area contributed by atoms with E-state index >= 15 is 0 Å². The summed E-state index contributed by atoms with van der Waals surface area (Å²) in [4.78, 5) is 13.5. The molecular weight excluding hydrogens is 547 g/mol. The van der Waals surface area contributed by atoms with Crippen molar-refractivity contribution >= 4 is 21.8 Å². The molecule has 204 valence electrons. The van der Waals surface area contributed by atoms with Crippen molar-refractivity contribution in [1.29, 1.82) is 0 Å². The van der Waals surface area contributed by atoms with E-state index in [2.05, 4.69) is 5.32 Å². The number of hydrogen-bond acceptors (Lipinski definition) is 5. The van der Waals surface area contributed by atoms with Gasteiger partial charge in [0, 0.05) is 12.6 Å². The van der Waals surface area contributed by atoms with E-state index in [-0.39, 0.29) is 24.5 Å². The number of rotatable bonds is 8. The van der Waals surface area contributed by atoms with Crippen molar-refractivity contribution in [3.63, 3.8) is 0 Å². The first-order chi connectivity index (χ1) is 18.4. The fraction of sp³-hybridized carbons (Fsp3) is 0.115. The van der Waals surface area contributed by atoms with Crippen LogP contribution in [0.25, 0.3) is 0 Å². The summed E-state index contributed by atoms with van der Waals surface area (Å²) < 4.78 is 101. The molecule has 0 spiro atoms. The van der Waals surface area contributed by atoms with E-state index < -0.39 is 44.4 Å². The van der Waals surface area contributed by atoms with Crippen LogP contribution in [0.1, 0.15) is 16.9 Å². The molecule has 13 heteroatoms. The first-order valence-electron chi connectivity index (χ1n) is 11.1. The summed E-state index contributed by atoms with van der Waals surface area (Å²) in [5.74, 6) is -1.54. The first kappa shape index (κ1) is 27.6. The van der Waals surface area contributed by atoms with Crippen LogP contribution in [0.15, 0.2) is 94.4 Å². The van der Waals surface area contributed by atoms with Gasteiger partial charge in [0.25, 0.3) is 0 Å². The molecule has 0 aliphatic heterocycles. The monoisotopic (exact) mass is 566 g/mol. The van der Waals surface area contributed by atoms with E-state index in [1.807, 2.05) is 0 Å². The van der Waals surface area contributed by atoms with E-state index in [9.17, 15) is 35.2 Å². The van der Waals surface area contributed by atoms with Gasteiger partial charge < -0.3 is 18.8 Å². The smallest absolute Gasteiger partial charge is 0.416 e. The van der Waals surface area contributed by atoms with Crippen LogP contribution in [-0.4, -0.2) is 19.3 Å². The number of urea groups is 1. The minimum Gasteiger partial charge on any atom is -0.467 e. The Bertz CT molecular complexity index is 1560. The second-order valence-corrected chi connectivity index (χ2v) is 9.74. The predicted molar refractivity (Wildman–Crippen MR) is 129 cm³/mol. The number of halogens is 5. The molecule has 0 unspecified atom stereocenters. The van der Waals surface area contributed by atoms with Crippen molar-refractivity contribution in [3.8, 4) is 5.75 Å². The lowest BCUT2D eigenvalue weighted by atomic mass is 10.2. The molecule has 1 N–H and O–H groups in total. The highest BCUT2D eigenvalue weighted by Gasteiger charge is 2.32. The molecule has 4 rings (SSSR count). The highest BCUT2D eigenvalue weighted by Crippen LogP contribution is 2.31. The summed E-state index contributed by atoms with van der Waals surface area (Å²) in [6.07, 6.45) is -3.33. The number of amides is 2. The molecule has 0 aliphatic rings. The van der Waals surface area contributed by atoms with Gasteiger partial charge in [-0.3, -0.25) is 0 Å². The van der Waals surface area contributed by atoms with Gasteiger partial charge in [0.05, 0.1) is 24.1 Å². The van der Waals surface area contributed by atoms with Gasteiger partial charge >= 0.3 is 22.3 Å². The van der Waals surface area contributed by atoms with Gasteiger partial charge in [-0.1, -0.05) is 18.2 Å². The third kappa shape index (κ3) is 7.13. The summed E-state index contributed by atoms with van der Waals surface area (Å²) in [5.41, 5.74) is -0.882. The standard InChI is InChI=1S/C26H19F5N2O5S/c27-19-8-11-24(23(28)14-19)32-25(34)33(16-21-4-2-12-37-21)15-17-6-9-20(10-7-17)38-39(35,36)22-5-1-3-18(13-22)26(29,30)31/h1-14H,15-16H2,(H,32,34). The van der Waals surface area contributed by atoms with Crippen molar-refractivity contribution in [2.45, 2.75) is 24.2 Å². The maximum atomic E-state index is 14.1. The molecular formula is C26H19F5N2O5S. The van der Waals surface area contributed by atoms with Gasteiger partial charge in [-0.2, -0.15) is 21.6 Å². The SMILES string of the molecule is O=C(Nc1ccc(F)cc1F)N(Cc1ccc(OS(=O)(=O)c2cccc(C(F)(F)F)c2)cc1)Cc1ccco1. The normalized spacial score (nSPS) is 11.7. The third-order valence-electron chi connectivity index (χ3n) is 5.34. The number of carbonyl (C=O) groups excluding carboxylic acids is 1. The van der Waals surface area contributed by atoms with Gasteiger partial charge in [-0.15, -0.1) is 0 Å². The second-order valence-electron chi connectivity index (χ2n) is 8.20. The maximum Gasteiger partial charge on any atom is 0.416 e. The van der Waals surface area contributed by atoms with Gasteiger partial charge in [-0.25, -0.2) is 13.6 Å². The molecule has 39 heavy (non-hydrogen) atoms. The van der Waals surface area contributed by atoms with E-state index in [1.54, 1.807) is 12.1 Å². The van der Waals surface area contributed by atoms with Crippen LogP contribution in [0.2, 0.25) is 0 Å². The topological polar surface area (TPSA) is 88.9 Å². The average Bonchev–Trinajstić information content (AvgIpc) is 3.39. The van der Waals surface area contributed by atoms with Crippen LogP contribution in [-0.2, 0) is 29.4 Å². The fourth-order valence-corrected chi connectivity index (χ4v) is 4.43. The number of furan rings is 1. The Morgan fingerprint density at radius 1 is 0.923 bits per heavy atom. The first-order valence-corrected chi connectivity index (χ1v) is 12.6. The van der Waals surface area contributed by atoms with Crippen molar-refractivity contribution in [2.24, 2.45) is 0 Å². The number of nitrogens with zero attached hydrogens (tertiary/aromatic N) is 1. The molecule has 1 heterocycles. The third-order valence-corrected chi connectivity index (χ3v) is 6.58. The van der Waals surface area contributed by atoms with Gasteiger partial charge in [0.2, 0.25) is 0 Å². The van der Waals surface area contributed by atoms with Gasteiger partial charge in [0.15, 0.2) is 0 Å². The van der Waals surface area contributed by atoms with Crippen molar-refractivity contribution < 1.29 is 43.8 Å². The number of anilines is 1. The van der Waals surface area contributed by atoms with Crippen LogP contribution in [0.4, 0.5) is 32.4 Å². The molecule has 0 aliphatic carbocycles. The number of benzene rings is 3. The van der Waals surface area contributed by atoms with E-state index in [0.29, 0.717) is 23.5 Å². The minimum absolute atomic E-state index is 0.0240. The molecule has 7 nitrogen and oxygen atoms in total. The lowest BCUT2D eigenvalue weighted by Gasteiger charge is -2.22. The largest absolute Gasteiger partial charge is 0.467 e. The van der Waals surface area contributed by atoms with Crippen LogP contribution in [0, 0.1) is 11.6 Å². The Balaban J connectivity index is 1.49. The average molecular weight is 567 g/mol. The molecule has 1 aromatic heterocycles. The Morgan fingerprint density at radius 2 is 1.67 bits per heavy atom. The minimum atomic E-state index is -4.73. The summed E-state index contributed by atoms with van der Waals surface area (Å²) in [5, 5.41) is 2.37. The highest BCUT2D eigenvalue weighted by atomic mass is 32.2. The molecule has 0 bridgehead atoms. The fourth-order valence-electron chi connectivity index (χ4n) is 3.45. The Hall–Kier alpha value is -4.39. The molecule has 3 aromatic carbocycles. The van der Waals surface area contributed by atoms with Gasteiger partial charge in [0.1, 0.15) is 28.0 Å². The highest BCUT2D eigenvalue weighted by molar-refractivity contribution is 7.87.